The molecule has 0 bridgehead atoms. The van der Waals surface area contributed by atoms with Crippen LogP contribution >= 0.6 is 0 Å². The van der Waals surface area contributed by atoms with E-state index < -0.39 is 0 Å². The fourth-order valence-corrected chi connectivity index (χ4v) is 1.88. The topological polar surface area (TPSA) is 66.9 Å². The Morgan fingerprint density at radius 1 is 1.23 bits per heavy atom. The molecule has 5 heteroatoms. The fraction of sp³-hybridized carbons (Fsp3) is 0.353. The summed E-state index contributed by atoms with van der Waals surface area (Å²) in [7, 11) is 0. The molecular weight excluding hydrogens is 276 g/mol. The van der Waals surface area contributed by atoms with Gasteiger partial charge in [0.15, 0.2) is 0 Å². The van der Waals surface area contributed by atoms with E-state index in [9.17, 15) is 4.79 Å². The van der Waals surface area contributed by atoms with Crippen LogP contribution in [0.15, 0.2) is 36.7 Å². The first-order valence-corrected chi connectivity index (χ1v) is 7.50. The van der Waals surface area contributed by atoms with Gasteiger partial charge in [-0.15, -0.1) is 0 Å². The predicted octanol–water partition coefficient (Wildman–Crippen LogP) is 2.93. The number of hydrogen-bond acceptors (Lipinski definition) is 4. The first-order valence-electron chi connectivity index (χ1n) is 7.50. The van der Waals surface area contributed by atoms with Gasteiger partial charge in [-0.25, -0.2) is 9.97 Å². The number of nitrogens with zero attached hydrogens (tertiary/aromatic N) is 2. The lowest BCUT2D eigenvalue weighted by atomic mass is 10.1. The monoisotopic (exact) mass is 298 g/mol. The molecule has 0 spiro atoms. The zero-order valence-corrected chi connectivity index (χ0v) is 13.3. The summed E-state index contributed by atoms with van der Waals surface area (Å²) in [5.41, 5.74) is 2.77. The van der Waals surface area contributed by atoms with Crippen molar-refractivity contribution < 1.29 is 4.79 Å². The number of amides is 1. The number of anilines is 1. The van der Waals surface area contributed by atoms with Gasteiger partial charge in [0.05, 0.1) is 0 Å². The Kier molecular flexibility index (Phi) is 5.47. The lowest BCUT2D eigenvalue weighted by Gasteiger charge is -2.11. The van der Waals surface area contributed by atoms with Crippen molar-refractivity contribution in [1.29, 1.82) is 0 Å². The number of carbonyl (C=O) groups is 1. The van der Waals surface area contributed by atoms with E-state index in [1.54, 1.807) is 6.07 Å². The maximum atomic E-state index is 12.0. The van der Waals surface area contributed by atoms with Gasteiger partial charge in [0, 0.05) is 18.7 Å². The summed E-state index contributed by atoms with van der Waals surface area (Å²) >= 11 is 0. The van der Waals surface area contributed by atoms with Gasteiger partial charge in [-0.05, 0) is 25.8 Å². The molecule has 116 valence electrons. The molecule has 0 fully saturated rings. The van der Waals surface area contributed by atoms with Gasteiger partial charge in [-0.3, -0.25) is 4.79 Å². The number of aryl methyl sites for hydroxylation is 1. The highest BCUT2D eigenvalue weighted by atomic mass is 16.1. The van der Waals surface area contributed by atoms with Crippen LogP contribution in [0, 0.1) is 6.92 Å². The Labute approximate surface area is 131 Å². The highest BCUT2D eigenvalue weighted by Gasteiger charge is 2.10. The SMILES string of the molecule is CCC(C)NC(=O)c1cc(NCc2ccc(C)cc2)ncn1. The van der Waals surface area contributed by atoms with Crippen molar-refractivity contribution in [1.82, 2.24) is 15.3 Å². The molecule has 1 unspecified atom stereocenters. The minimum Gasteiger partial charge on any atom is -0.366 e. The Balaban J connectivity index is 1.99. The number of aromatic nitrogens is 2. The second-order valence-electron chi connectivity index (χ2n) is 5.41. The van der Waals surface area contributed by atoms with Crippen LogP contribution in [-0.2, 0) is 6.54 Å². The molecule has 5 nitrogen and oxygen atoms in total. The van der Waals surface area contributed by atoms with Crippen molar-refractivity contribution in [3.63, 3.8) is 0 Å². The molecule has 1 atom stereocenters. The van der Waals surface area contributed by atoms with E-state index >= 15 is 0 Å². The van der Waals surface area contributed by atoms with E-state index in [0.717, 1.165) is 12.0 Å². The molecule has 1 heterocycles. The van der Waals surface area contributed by atoms with Crippen LogP contribution < -0.4 is 10.6 Å². The Morgan fingerprint density at radius 3 is 2.64 bits per heavy atom. The molecule has 0 aliphatic heterocycles. The third kappa shape index (κ3) is 4.55. The first-order chi connectivity index (χ1) is 10.6. The minimum atomic E-state index is -0.171. The fourth-order valence-electron chi connectivity index (χ4n) is 1.88. The van der Waals surface area contributed by atoms with Gasteiger partial charge in [0.1, 0.15) is 17.8 Å². The molecule has 22 heavy (non-hydrogen) atoms. The summed E-state index contributed by atoms with van der Waals surface area (Å²) in [6.45, 7) is 6.71. The van der Waals surface area contributed by atoms with E-state index in [4.69, 9.17) is 0 Å². The summed E-state index contributed by atoms with van der Waals surface area (Å²) in [4.78, 5) is 20.2. The maximum absolute atomic E-state index is 12.0. The molecule has 0 aliphatic rings. The smallest absolute Gasteiger partial charge is 0.270 e. The van der Waals surface area contributed by atoms with Crippen LogP contribution in [0.25, 0.3) is 0 Å². The van der Waals surface area contributed by atoms with E-state index in [-0.39, 0.29) is 11.9 Å². The zero-order valence-electron chi connectivity index (χ0n) is 13.3. The third-order valence-electron chi connectivity index (χ3n) is 3.48. The van der Waals surface area contributed by atoms with Crippen molar-refractivity contribution in [3.05, 3.63) is 53.5 Å². The van der Waals surface area contributed by atoms with Gasteiger partial charge >= 0.3 is 0 Å². The average molecular weight is 298 g/mol. The van der Waals surface area contributed by atoms with Crippen molar-refractivity contribution >= 4 is 11.7 Å². The van der Waals surface area contributed by atoms with Crippen molar-refractivity contribution in [2.24, 2.45) is 0 Å². The van der Waals surface area contributed by atoms with Crippen LogP contribution in [-0.4, -0.2) is 21.9 Å². The van der Waals surface area contributed by atoms with Crippen LogP contribution in [0.5, 0.6) is 0 Å². The Morgan fingerprint density at radius 2 is 1.95 bits per heavy atom. The lowest BCUT2D eigenvalue weighted by molar-refractivity contribution is 0.0934. The van der Waals surface area contributed by atoms with E-state index in [1.165, 1.54) is 11.9 Å². The van der Waals surface area contributed by atoms with Crippen molar-refractivity contribution in [3.8, 4) is 0 Å². The first kappa shape index (κ1) is 15.9. The standard InChI is InChI=1S/C17H22N4O/c1-4-13(3)21-17(22)15-9-16(20-11-19-15)18-10-14-7-5-12(2)6-8-14/h5-9,11,13H,4,10H2,1-3H3,(H,21,22)(H,18,19,20). The molecule has 2 aromatic rings. The summed E-state index contributed by atoms with van der Waals surface area (Å²) in [6, 6.07) is 10.1. The maximum Gasteiger partial charge on any atom is 0.270 e. The summed E-state index contributed by atoms with van der Waals surface area (Å²) < 4.78 is 0. The molecule has 1 amide bonds. The second-order valence-corrected chi connectivity index (χ2v) is 5.41. The third-order valence-corrected chi connectivity index (χ3v) is 3.48. The zero-order chi connectivity index (χ0) is 15.9. The summed E-state index contributed by atoms with van der Waals surface area (Å²) in [5, 5.41) is 6.11. The summed E-state index contributed by atoms with van der Waals surface area (Å²) in [5.74, 6) is 0.472. The molecule has 0 aliphatic carbocycles. The van der Waals surface area contributed by atoms with Crippen LogP contribution in [0.1, 0.15) is 41.9 Å². The number of nitrogens with one attached hydrogen (secondary N) is 2. The normalized spacial score (nSPS) is 11.8. The van der Waals surface area contributed by atoms with Crippen LogP contribution in [0.3, 0.4) is 0 Å². The quantitative estimate of drug-likeness (QED) is 0.860. The second kappa shape index (κ2) is 7.54. The molecular formula is C17H22N4O. The predicted molar refractivity (Wildman–Crippen MR) is 87.8 cm³/mol. The number of benzene rings is 1. The van der Waals surface area contributed by atoms with Crippen molar-refractivity contribution in [2.45, 2.75) is 39.8 Å². The molecule has 2 rings (SSSR count). The van der Waals surface area contributed by atoms with Gasteiger partial charge < -0.3 is 10.6 Å². The largest absolute Gasteiger partial charge is 0.366 e. The van der Waals surface area contributed by atoms with Gasteiger partial charge in [-0.1, -0.05) is 36.8 Å². The molecule has 0 saturated heterocycles. The number of carbonyl (C=O) groups excluding carboxylic acids is 1. The van der Waals surface area contributed by atoms with E-state index in [1.807, 2.05) is 13.8 Å². The number of rotatable bonds is 6. The van der Waals surface area contributed by atoms with Gasteiger partial charge in [0.25, 0.3) is 5.91 Å². The van der Waals surface area contributed by atoms with E-state index in [2.05, 4.69) is 51.8 Å². The molecule has 2 N–H and O–H groups in total. The minimum absolute atomic E-state index is 0.131. The number of hydrogen-bond donors (Lipinski definition) is 2. The Bertz CT molecular complexity index is 625. The average Bonchev–Trinajstić information content (AvgIpc) is 2.54. The van der Waals surface area contributed by atoms with Crippen LogP contribution in [0.2, 0.25) is 0 Å². The van der Waals surface area contributed by atoms with Gasteiger partial charge in [-0.2, -0.15) is 0 Å². The lowest BCUT2D eigenvalue weighted by Crippen LogP contribution is -2.32. The Hall–Kier alpha value is -2.43. The van der Waals surface area contributed by atoms with Crippen LogP contribution in [0.4, 0.5) is 5.82 Å². The van der Waals surface area contributed by atoms with Crippen molar-refractivity contribution in [2.75, 3.05) is 5.32 Å². The summed E-state index contributed by atoms with van der Waals surface area (Å²) in [6.07, 6.45) is 2.29. The van der Waals surface area contributed by atoms with Gasteiger partial charge in [0.2, 0.25) is 0 Å². The molecule has 0 saturated carbocycles. The molecule has 0 radical (unpaired) electrons. The highest BCUT2D eigenvalue weighted by molar-refractivity contribution is 5.93. The molecule has 1 aromatic heterocycles. The van der Waals surface area contributed by atoms with E-state index in [0.29, 0.717) is 18.1 Å². The molecule has 1 aromatic carbocycles. The highest BCUT2D eigenvalue weighted by Crippen LogP contribution is 2.08.